The summed E-state index contributed by atoms with van der Waals surface area (Å²) in [7, 11) is 0. The molecule has 1 amide bonds. The highest BCUT2D eigenvalue weighted by Crippen LogP contribution is 2.37. The summed E-state index contributed by atoms with van der Waals surface area (Å²) in [5, 5.41) is 5.04. The van der Waals surface area contributed by atoms with Crippen molar-refractivity contribution in [3.8, 4) is 5.75 Å². The van der Waals surface area contributed by atoms with E-state index < -0.39 is 0 Å². The summed E-state index contributed by atoms with van der Waals surface area (Å²) in [6.45, 7) is 2.20. The van der Waals surface area contributed by atoms with Crippen molar-refractivity contribution in [2.45, 2.75) is 13.3 Å². The van der Waals surface area contributed by atoms with Gasteiger partial charge in [0.15, 0.2) is 12.4 Å². The number of hydrogen-bond acceptors (Lipinski definition) is 3. The zero-order valence-corrected chi connectivity index (χ0v) is 16.8. The lowest BCUT2D eigenvalue weighted by atomic mass is 10.1. The van der Waals surface area contributed by atoms with E-state index in [1.54, 1.807) is 6.07 Å². The van der Waals surface area contributed by atoms with E-state index in [4.69, 9.17) is 39.5 Å². The van der Waals surface area contributed by atoms with E-state index in [0.717, 1.165) is 16.6 Å². The molecule has 3 rings (SSSR count). The summed E-state index contributed by atoms with van der Waals surface area (Å²) in [5.41, 5.74) is 2.44. The third-order valence-electron chi connectivity index (χ3n) is 3.97. The highest BCUT2D eigenvalue weighted by Gasteiger charge is 2.14. The minimum absolute atomic E-state index is 0.160. The van der Waals surface area contributed by atoms with E-state index in [1.165, 1.54) is 0 Å². The summed E-state index contributed by atoms with van der Waals surface area (Å²) in [6.07, 6.45) is 0.703. The molecule has 0 spiro atoms. The smallest absolute Gasteiger partial charge is 0.257 e. The average molecular weight is 424 g/mol. The van der Waals surface area contributed by atoms with Crippen LogP contribution in [0.2, 0.25) is 15.1 Å². The quantitative estimate of drug-likeness (QED) is 0.590. The zero-order chi connectivity index (χ0) is 19.4. The number of hydrogen-bond donors (Lipinski definition) is 1. The Hall–Kier alpha value is -2.01. The number of carbonyl (C=O) groups is 1. The predicted molar refractivity (Wildman–Crippen MR) is 110 cm³/mol. The summed E-state index contributed by atoms with van der Waals surface area (Å²) < 4.78 is 5.66. The number of ether oxygens (including phenoxy) is 1. The molecule has 0 radical (unpaired) electrons. The van der Waals surface area contributed by atoms with E-state index in [-0.39, 0.29) is 12.5 Å². The number of benzene rings is 2. The van der Waals surface area contributed by atoms with E-state index in [0.29, 0.717) is 39.3 Å². The van der Waals surface area contributed by atoms with E-state index >= 15 is 0 Å². The van der Waals surface area contributed by atoms with Crippen LogP contribution < -0.4 is 10.1 Å². The molecule has 0 aliphatic heterocycles. The second-order valence-corrected chi connectivity index (χ2v) is 7.28. The van der Waals surface area contributed by atoms with Gasteiger partial charge in [0.05, 0.1) is 10.0 Å². The normalized spacial score (nSPS) is 10.8. The topological polar surface area (TPSA) is 51.2 Å². The number of carbonyl (C=O) groups excluding carboxylic acids is 1. The number of nitrogens with one attached hydrogen (secondary N) is 1. The van der Waals surface area contributed by atoms with Crippen molar-refractivity contribution in [3.63, 3.8) is 0 Å². The number of nitrogens with zero attached hydrogens (tertiary/aromatic N) is 1. The van der Waals surface area contributed by atoms with E-state index in [9.17, 15) is 4.79 Å². The molecule has 0 saturated carbocycles. The van der Waals surface area contributed by atoms with Gasteiger partial charge in [-0.1, -0.05) is 46.9 Å². The van der Waals surface area contributed by atoms with Crippen LogP contribution in [0.3, 0.4) is 0 Å². The highest BCUT2D eigenvalue weighted by molar-refractivity contribution is 6.39. The summed E-state index contributed by atoms with van der Waals surface area (Å²) >= 11 is 18.3. The molecule has 140 valence electrons. The molecule has 1 aromatic heterocycles. The van der Waals surface area contributed by atoms with Gasteiger partial charge in [-0.3, -0.25) is 4.79 Å². The SMILES string of the molecule is Cc1ccc2c(Cl)cc(Cl)c(OCC(=O)NCCc3ccc(Cl)cc3)c2n1. The Morgan fingerprint density at radius 3 is 2.56 bits per heavy atom. The number of aryl methyl sites for hydroxylation is 1. The number of fused-ring (bicyclic) bond motifs is 1. The predicted octanol–water partition coefficient (Wildman–Crippen LogP) is 5.24. The molecule has 3 aromatic rings. The van der Waals surface area contributed by atoms with Gasteiger partial charge >= 0.3 is 0 Å². The summed E-state index contributed by atoms with van der Waals surface area (Å²) in [4.78, 5) is 16.5. The summed E-state index contributed by atoms with van der Waals surface area (Å²) in [5.74, 6) is 0.114. The van der Waals surface area contributed by atoms with Crippen molar-refractivity contribution in [1.29, 1.82) is 0 Å². The van der Waals surface area contributed by atoms with Crippen LogP contribution >= 0.6 is 34.8 Å². The van der Waals surface area contributed by atoms with Crippen LogP contribution in [0.1, 0.15) is 11.3 Å². The molecule has 0 saturated heterocycles. The molecular weight excluding hydrogens is 407 g/mol. The molecule has 0 atom stereocenters. The molecule has 4 nitrogen and oxygen atoms in total. The Labute approximate surface area is 172 Å². The van der Waals surface area contributed by atoms with Crippen LogP contribution in [0, 0.1) is 6.92 Å². The lowest BCUT2D eigenvalue weighted by molar-refractivity contribution is -0.123. The Kier molecular flexibility index (Phi) is 6.42. The van der Waals surface area contributed by atoms with Crippen LogP contribution in [0.4, 0.5) is 0 Å². The largest absolute Gasteiger partial charge is 0.480 e. The van der Waals surface area contributed by atoms with Gasteiger partial charge in [-0.15, -0.1) is 0 Å². The molecule has 27 heavy (non-hydrogen) atoms. The summed E-state index contributed by atoms with van der Waals surface area (Å²) in [6, 6.07) is 12.8. The standard InChI is InChI=1S/C20H17Cl3N2O2/c1-12-2-7-15-16(22)10-17(23)20(19(15)25-12)27-11-18(26)24-9-8-13-3-5-14(21)6-4-13/h2-7,10H,8-9,11H2,1H3,(H,24,26). The first kappa shape index (κ1) is 19.7. The average Bonchev–Trinajstić information content (AvgIpc) is 2.63. The van der Waals surface area contributed by atoms with Crippen LogP contribution in [0.15, 0.2) is 42.5 Å². The van der Waals surface area contributed by atoms with Crippen LogP contribution in [0.25, 0.3) is 10.9 Å². The maximum absolute atomic E-state index is 12.1. The molecular formula is C20H17Cl3N2O2. The van der Waals surface area contributed by atoms with Gasteiger partial charge in [0.1, 0.15) is 5.52 Å². The minimum atomic E-state index is -0.240. The van der Waals surface area contributed by atoms with Crippen molar-refractivity contribution < 1.29 is 9.53 Å². The van der Waals surface area contributed by atoms with Gasteiger partial charge in [-0.25, -0.2) is 4.98 Å². The van der Waals surface area contributed by atoms with Crippen LogP contribution in [-0.2, 0) is 11.2 Å². The number of aromatic nitrogens is 1. The lowest BCUT2D eigenvalue weighted by Gasteiger charge is -2.12. The van der Waals surface area contributed by atoms with Gasteiger partial charge < -0.3 is 10.1 Å². The van der Waals surface area contributed by atoms with Gasteiger partial charge in [-0.05, 0) is 49.2 Å². The zero-order valence-electron chi connectivity index (χ0n) is 14.6. The number of amides is 1. The van der Waals surface area contributed by atoms with Crippen molar-refractivity contribution >= 4 is 51.6 Å². The fraction of sp³-hybridized carbons (Fsp3) is 0.200. The number of rotatable bonds is 6. The van der Waals surface area contributed by atoms with Gasteiger partial charge in [0, 0.05) is 22.6 Å². The molecule has 0 aliphatic rings. The molecule has 1 heterocycles. The Morgan fingerprint density at radius 2 is 1.81 bits per heavy atom. The van der Waals surface area contributed by atoms with Gasteiger partial charge in [0.2, 0.25) is 0 Å². The molecule has 0 unspecified atom stereocenters. The monoisotopic (exact) mass is 422 g/mol. The maximum atomic E-state index is 12.1. The number of halogens is 3. The fourth-order valence-corrected chi connectivity index (χ4v) is 3.31. The lowest BCUT2D eigenvalue weighted by Crippen LogP contribution is -2.30. The Balaban J connectivity index is 1.61. The first-order valence-corrected chi connectivity index (χ1v) is 9.47. The van der Waals surface area contributed by atoms with Crippen molar-refractivity contribution in [2.75, 3.05) is 13.2 Å². The highest BCUT2D eigenvalue weighted by atomic mass is 35.5. The third kappa shape index (κ3) is 5.04. The Morgan fingerprint density at radius 1 is 1.07 bits per heavy atom. The fourth-order valence-electron chi connectivity index (χ4n) is 2.61. The second kappa shape index (κ2) is 8.79. The molecule has 0 bridgehead atoms. The maximum Gasteiger partial charge on any atom is 0.257 e. The first-order valence-electron chi connectivity index (χ1n) is 8.33. The van der Waals surface area contributed by atoms with E-state index in [2.05, 4.69) is 10.3 Å². The van der Waals surface area contributed by atoms with Crippen LogP contribution in [0.5, 0.6) is 5.75 Å². The third-order valence-corrected chi connectivity index (χ3v) is 4.82. The van der Waals surface area contributed by atoms with Gasteiger partial charge in [0.25, 0.3) is 5.91 Å². The Bertz CT molecular complexity index is 975. The minimum Gasteiger partial charge on any atom is -0.480 e. The van der Waals surface area contributed by atoms with Crippen molar-refractivity contribution in [1.82, 2.24) is 10.3 Å². The van der Waals surface area contributed by atoms with Gasteiger partial charge in [-0.2, -0.15) is 0 Å². The molecule has 7 heteroatoms. The second-order valence-electron chi connectivity index (χ2n) is 6.03. The molecule has 0 aliphatic carbocycles. The van der Waals surface area contributed by atoms with Crippen molar-refractivity contribution in [3.05, 3.63) is 68.8 Å². The van der Waals surface area contributed by atoms with E-state index in [1.807, 2.05) is 43.3 Å². The molecule has 1 N–H and O–H groups in total. The molecule has 0 fully saturated rings. The molecule has 2 aromatic carbocycles. The van der Waals surface area contributed by atoms with Crippen LogP contribution in [-0.4, -0.2) is 24.0 Å². The van der Waals surface area contributed by atoms with Crippen molar-refractivity contribution in [2.24, 2.45) is 0 Å². The first-order chi connectivity index (χ1) is 12.9. The number of pyridine rings is 1.